The molecular formula is C17H22ClFIN5. The number of guanidine groups is 1. The van der Waals surface area contributed by atoms with Crippen LogP contribution >= 0.6 is 35.6 Å². The number of hydrogen-bond acceptors (Lipinski definition) is 2. The van der Waals surface area contributed by atoms with E-state index in [9.17, 15) is 4.39 Å². The predicted molar refractivity (Wildman–Crippen MR) is 109 cm³/mol. The molecule has 1 saturated carbocycles. The molecule has 0 saturated heterocycles. The molecule has 2 atom stereocenters. The van der Waals surface area contributed by atoms with E-state index in [4.69, 9.17) is 11.6 Å². The van der Waals surface area contributed by atoms with Crippen molar-refractivity contribution in [2.75, 3.05) is 6.54 Å². The van der Waals surface area contributed by atoms with Crippen LogP contribution in [-0.4, -0.2) is 28.3 Å². The molecule has 25 heavy (non-hydrogen) atoms. The fourth-order valence-electron chi connectivity index (χ4n) is 2.75. The minimum atomic E-state index is -0.242. The van der Waals surface area contributed by atoms with E-state index in [0.29, 0.717) is 17.1 Å². The minimum Gasteiger partial charge on any atom is -0.357 e. The lowest BCUT2D eigenvalue weighted by atomic mass is 10.1. The summed E-state index contributed by atoms with van der Waals surface area (Å²) < 4.78 is 15.8. The summed E-state index contributed by atoms with van der Waals surface area (Å²) in [6.45, 7) is 3.30. The molecule has 2 N–H and O–H groups in total. The predicted octanol–water partition coefficient (Wildman–Crippen LogP) is 3.44. The van der Waals surface area contributed by atoms with Crippen LogP contribution in [0.4, 0.5) is 4.39 Å². The van der Waals surface area contributed by atoms with Gasteiger partial charge >= 0.3 is 0 Å². The summed E-state index contributed by atoms with van der Waals surface area (Å²) in [4.78, 5) is 4.58. The summed E-state index contributed by atoms with van der Waals surface area (Å²) in [6, 6.07) is 6.90. The van der Waals surface area contributed by atoms with Crippen molar-refractivity contribution in [1.82, 2.24) is 20.4 Å². The van der Waals surface area contributed by atoms with E-state index in [1.165, 1.54) is 6.07 Å². The average molecular weight is 478 g/mol. The molecule has 2 unspecified atom stereocenters. The smallest absolute Gasteiger partial charge is 0.191 e. The summed E-state index contributed by atoms with van der Waals surface area (Å²) >= 11 is 6.15. The molecule has 1 aromatic heterocycles. The van der Waals surface area contributed by atoms with E-state index < -0.39 is 0 Å². The molecule has 8 heteroatoms. The Bertz CT molecular complexity index is 728. The van der Waals surface area contributed by atoms with Crippen molar-refractivity contribution in [3.05, 3.63) is 52.6 Å². The Hall–Kier alpha value is -1.35. The Morgan fingerprint density at radius 1 is 1.44 bits per heavy atom. The largest absolute Gasteiger partial charge is 0.357 e. The molecule has 0 amide bonds. The van der Waals surface area contributed by atoms with E-state index in [1.54, 1.807) is 23.0 Å². The summed E-state index contributed by atoms with van der Waals surface area (Å²) in [6.07, 6.45) is 2.60. The summed E-state index contributed by atoms with van der Waals surface area (Å²) in [7, 11) is 1.89. The number of aliphatic imine (C=N–C) groups is 1. The topological polar surface area (TPSA) is 54.2 Å². The fraction of sp³-hybridized carbons (Fsp3) is 0.412. The van der Waals surface area contributed by atoms with Crippen LogP contribution in [-0.2, 0) is 13.6 Å². The fourth-order valence-corrected chi connectivity index (χ4v) is 3.05. The van der Waals surface area contributed by atoms with Gasteiger partial charge in [-0.05, 0) is 31.5 Å². The van der Waals surface area contributed by atoms with Gasteiger partial charge in [-0.25, -0.2) is 9.38 Å². The first-order valence-electron chi connectivity index (χ1n) is 8.05. The van der Waals surface area contributed by atoms with E-state index in [1.807, 2.05) is 20.0 Å². The Morgan fingerprint density at radius 2 is 2.24 bits per heavy atom. The van der Waals surface area contributed by atoms with Crippen LogP contribution in [0.1, 0.15) is 30.5 Å². The van der Waals surface area contributed by atoms with Crippen LogP contribution < -0.4 is 10.6 Å². The lowest BCUT2D eigenvalue weighted by molar-refractivity contribution is 0.608. The van der Waals surface area contributed by atoms with Crippen molar-refractivity contribution in [2.45, 2.75) is 31.8 Å². The third-order valence-corrected chi connectivity index (χ3v) is 4.48. The van der Waals surface area contributed by atoms with Gasteiger partial charge in [0.05, 0.1) is 12.2 Å². The number of nitrogens with one attached hydrogen (secondary N) is 2. The first kappa shape index (κ1) is 20.0. The standard InChI is InChI=1S/C17H21ClFN5.HI/c1-3-20-17(21-10-11-7-8-22-24(11)2)23-15-9-12(15)16-13(18)5-4-6-14(16)19;/h4-8,12,15H,3,9-10H2,1-2H3,(H2,20,21,23);1H. The van der Waals surface area contributed by atoms with Gasteiger partial charge in [0.1, 0.15) is 5.82 Å². The molecule has 0 aliphatic heterocycles. The molecule has 0 bridgehead atoms. The van der Waals surface area contributed by atoms with Crippen molar-refractivity contribution in [3.8, 4) is 0 Å². The van der Waals surface area contributed by atoms with Crippen LogP contribution in [0.5, 0.6) is 0 Å². The molecule has 3 rings (SSSR count). The summed E-state index contributed by atoms with van der Waals surface area (Å²) in [5, 5.41) is 11.2. The first-order valence-corrected chi connectivity index (χ1v) is 8.43. The molecule has 2 aromatic rings. The maximum absolute atomic E-state index is 14.0. The zero-order valence-electron chi connectivity index (χ0n) is 14.2. The van der Waals surface area contributed by atoms with Gasteiger partial charge in [-0.15, -0.1) is 24.0 Å². The zero-order chi connectivity index (χ0) is 17.1. The number of nitrogens with zero attached hydrogens (tertiary/aromatic N) is 3. The quantitative estimate of drug-likeness (QED) is 0.394. The third kappa shape index (κ3) is 4.84. The van der Waals surface area contributed by atoms with Gasteiger partial charge in [0.25, 0.3) is 0 Å². The Morgan fingerprint density at radius 3 is 2.88 bits per heavy atom. The molecule has 1 aliphatic rings. The second-order valence-electron chi connectivity index (χ2n) is 5.87. The number of halogens is 3. The highest BCUT2D eigenvalue weighted by molar-refractivity contribution is 14.0. The van der Waals surface area contributed by atoms with Crippen molar-refractivity contribution in [3.63, 3.8) is 0 Å². The lowest BCUT2D eigenvalue weighted by Crippen LogP contribution is -2.39. The van der Waals surface area contributed by atoms with Crippen LogP contribution in [0.3, 0.4) is 0 Å². The van der Waals surface area contributed by atoms with Gasteiger partial charge < -0.3 is 10.6 Å². The first-order chi connectivity index (χ1) is 11.6. The molecule has 0 spiro atoms. The van der Waals surface area contributed by atoms with Crippen LogP contribution in [0.2, 0.25) is 5.02 Å². The highest BCUT2D eigenvalue weighted by Crippen LogP contribution is 2.44. The normalized spacial score (nSPS) is 19.3. The number of rotatable bonds is 5. The maximum atomic E-state index is 14.0. The van der Waals surface area contributed by atoms with E-state index in [2.05, 4.69) is 20.7 Å². The van der Waals surface area contributed by atoms with Gasteiger partial charge in [0.2, 0.25) is 0 Å². The van der Waals surface area contributed by atoms with E-state index >= 15 is 0 Å². The molecule has 136 valence electrons. The van der Waals surface area contributed by atoms with Crippen molar-refractivity contribution in [2.24, 2.45) is 12.0 Å². The summed E-state index contributed by atoms with van der Waals surface area (Å²) in [5.41, 5.74) is 1.62. The van der Waals surface area contributed by atoms with Crippen molar-refractivity contribution in [1.29, 1.82) is 0 Å². The molecule has 1 aromatic carbocycles. The number of aryl methyl sites for hydroxylation is 1. The number of benzene rings is 1. The Kier molecular flexibility index (Phi) is 7.06. The van der Waals surface area contributed by atoms with Crippen LogP contribution in [0.25, 0.3) is 0 Å². The lowest BCUT2D eigenvalue weighted by Gasteiger charge is -2.12. The van der Waals surface area contributed by atoms with Gasteiger partial charge in [-0.1, -0.05) is 17.7 Å². The number of hydrogen-bond donors (Lipinski definition) is 2. The molecule has 1 fully saturated rings. The summed E-state index contributed by atoms with van der Waals surface area (Å²) in [5.74, 6) is 0.562. The third-order valence-electron chi connectivity index (χ3n) is 4.15. The van der Waals surface area contributed by atoms with E-state index in [0.717, 1.165) is 24.6 Å². The molecular weight excluding hydrogens is 456 g/mol. The minimum absolute atomic E-state index is 0. The average Bonchev–Trinajstić information content (AvgIpc) is 3.16. The van der Waals surface area contributed by atoms with E-state index in [-0.39, 0.29) is 41.8 Å². The molecule has 1 heterocycles. The molecule has 5 nitrogen and oxygen atoms in total. The molecule has 0 radical (unpaired) electrons. The van der Waals surface area contributed by atoms with Gasteiger partial charge in [0, 0.05) is 42.3 Å². The highest BCUT2D eigenvalue weighted by atomic mass is 127. The van der Waals surface area contributed by atoms with Crippen LogP contribution in [0.15, 0.2) is 35.5 Å². The highest BCUT2D eigenvalue weighted by Gasteiger charge is 2.41. The Labute approximate surface area is 169 Å². The molecule has 1 aliphatic carbocycles. The maximum Gasteiger partial charge on any atom is 0.191 e. The number of aromatic nitrogens is 2. The van der Waals surface area contributed by atoms with Crippen molar-refractivity contribution < 1.29 is 4.39 Å². The monoisotopic (exact) mass is 477 g/mol. The Balaban J connectivity index is 0.00000225. The van der Waals surface area contributed by atoms with Crippen molar-refractivity contribution >= 4 is 41.5 Å². The van der Waals surface area contributed by atoms with Gasteiger partial charge in [-0.2, -0.15) is 5.10 Å². The SMILES string of the molecule is CCNC(=NCc1ccnn1C)NC1CC1c1c(F)cccc1Cl.I. The second kappa shape index (κ2) is 8.84. The second-order valence-corrected chi connectivity index (χ2v) is 6.28. The van der Waals surface area contributed by atoms with Gasteiger partial charge in [-0.3, -0.25) is 4.68 Å². The van der Waals surface area contributed by atoms with Crippen LogP contribution in [0, 0.1) is 5.82 Å². The zero-order valence-corrected chi connectivity index (χ0v) is 17.3. The van der Waals surface area contributed by atoms with Gasteiger partial charge in [0.15, 0.2) is 5.96 Å².